The van der Waals surface area contributed by atoms with Crippen molar-refractivity contribution in [2.24, 2.45) is 0 Å². The number of rotatable bonds is 1. The fraction of sp³-hybridized carbons (Fsp3) is 0.400. The number of anilines is 1. The number of benzene rings is 1. The average molecular weight is 242 g/mol. The lowest BCUT2D eigenvalue weighted by Gasteiger charge is -2.28. The van der Waals surface area contributed by atoms with Gasteiger partial charge in [-0.05, 0) is 25.3 Å². The van der Waals surface area contributed by atoms with Crippen molar-refractivity contribution in [1.29, 1.82) is 0 Å². The first-order valence-electron chi connectivity index (χ1n) is 6.63. The van der Waals surface area contributed by atoms with Gasteiger partial charge in [0.25, 0.3) is 0 Å². The summed E-state index contributed by atoms with van der Waals surface area (Å²) in [6.45, 7) is 3.82. The zero-order valence-corrected chi connectivity index (χ0v) is 10.7. The standard InChI is InChI=1S/C15H18N2O/c1-12(18)17-11-15(16-9-5-2-6-10-16)13-7-3-4-8-14(13)17/h3-4,7-8,11H,2,5-6,9-10H2,1H3. The zero-order valence-electron chi connectivity index (χ0n) is 10.7. The molecule has 0 aliphatic carbocycles. The smallest absolute Gasteiger partial charge is 0.228 e. The van der Waals surface area contributed by atoms with E-state index in [2.05, 4.69) is 11.0 Å². The van der Waals surface area contributed by atoms with Crippen LogP contribution in [0.5, 0.6) is 0 Å². The van der Waals surface area contributed by atoms with Gasteiger partial charge in [0.15, 0.2) is 0 Å². The second kappa shape index (κ2) is 4.48. The van der Waals surface area contributed by atoms with E-state index in [1.807, 2.05) is 24.4 Å². The summed E-state index contributed by atoms with van der Waals surface area (Å²) in [5.74, 6) is 0.0782. The van der Waals surface area contributed by atoms with Gasteiger partial charge >= 0.3 is 0 Å². The first-order valence-corrected chi connectivity index (χ1v) is 6.63. The van der Waals surface area contributed by atoms with Gasteiger partial charge < -0.3 is 4.90 Å². The van der Waals surface area contributed by atoms with Crippen LogP contribution in [0, 0.1) is 0 Å². The second-order valence-corrected chi connectivity index (χ2v) is 4.97. The topological polar surface area (TPSA) is 25.2 Å². The Morgan fingerprint density at radius 2 is 1.83 bits per heavy atom. The predicted molar refractivity (Wildman–Crippen MR) is 74.3 cm³/mol. The molecule has 0 unspecified atom stereocenters. The van der Waals surface area contributed by atoms with Gasteiger partial charge in [-0.3, -0.25) is 9.36 Å². The van der Waals surface area contributed by atoms with Crippen molar-refractivity contribution in [3.8, 4) is 0 Å². The Labute approximate surface area is 107 Å². The third-order valence-corrected chi connectivity index (χ3v) is 3.73. The molecule has 0 amide bonds. The van der Waals surface area contributed by atoms with E-state index in [0.717, 1.165) is 18.6 Å². The van der Waals surface area contributed by atoms with Crippen LogP contribution in [0.1, 0.15) is 31.0 Å². The molecule has 0 bridgehead atoms. The first-order chi connectivity index (χ1) is 8.77. The summed E-state index contributed by atoms with van der Waals surface area (Å²) in [6, 6.07) is 8.16. The van der Waals surface area contributed by atoms with Crippen molar-refractivity contribution < 1.29 is 4.79 Å². The van der Waals surface area contributed by atoms with Gasteiger partial charge in [-0.25, -0.2) is 0 Å². The van der Waals surface area contributed by atoms with Gasteiger partial charge in [0, 0.05) is 31.6 Å². The number of nitrogens with zero attached hydrogens (tertiary/aromatic N) is 2. The largest absolute Gasteiger partial charge is 0.370 e. The van der Waals surface area contributed by atoms with E-state index in [-0.39, 0.29) is 5.91 Å². The molecule has 3 rings (SSSR count). The summed E-state index contributed by atoms with van der Waals surface area (Å²) in [7, 11) is 0. The number of fused-ring (bicyclic) bond motifs is 1. The number of aromatic nitrogens is 1. The van der Waals surface area contributed by atoms with Crippen LogP contribution >= 0.6 is 0 Å². The van der Waals surface area contributed by atoms with Gasteiger partial charge in [0.1, 0.15) is 0 Å². The van der Waals surface area contributed by atoms with E-state index >= 15 is 0 Å². The highest BCUT2D eigenvalue weighted by molar-refractivity contribution is 5.99. The first kappa shape index (κ1) is 11.3. The summed E-state index contributed by atoms with van der Waals surface area (Å²) in [5.41, 5.74) is 2.23. The summed E-state index contributed by atoms with van der Waals surface area (Å²) in [6.07, 6.45) is 5.82. The molecular weight excluding hydrogens is 224 g/mol. The summed E-state index contributed by atoms with van der Waals surface area (Å²) >= 11 is 0. The van der Waals surface area contributed by atoms with Crippen LogP contribution in [-0.2, 0) is 0 Å². The van der Waals surface area contributed by atoms with Crippen LogP contribution in [0.4, 0.5) is 5.69 Å². The third-order valence-electron chi connectivity index (χ3n) is 3.73. The number of para-hydroxylation sites is 1. The molecule has 3 heteroatoms. The molecule has 0 radical (unpaired) electrons. The molecule has 1 aromatic heterocycles. The van der Waals surface area contributed by atoms with Crippen LogP contribution in [0.15, 0.2) is 30.5 Å². The molecule has 2 aromatic rings. The molecule has 0 saturated carbocycles. The van der Waals surface area contributed by atoms with E-state index in [9.17, 15) is 4.79 Å². The molecule has 2 heterocycles. The molecule has 1 aromatic carbocycles. The number of piperidine rings is 1. The van der Waals surface area contributed by atoms with E-state index in [1.165, 1.54) is 30.3 Å². The maximum atomic E-state index is 11.7. The van der Waals surface area contributed by atoms with Crippen LogP contribution in [0.25, 0.3) is 10.9 Å². The Kier molecular flexibility index (Phi) is 2.82. The van der Waals surface area contributed by atoms with Gasteiger partial charge in [0.05, 0.1) is 11.2 Å². The minimum atomic E-state index is 0.0782. The average Bonchev–Trinajstić information content (AvgIpc) is 2.79. The molecular formula is C15H18N2O. The van der Waals surface area contributed by atoms with Crippen molar-refractivity contribution in [1.82, 2.24) is 4.57 Å². The highest BCUT2D eigenvalue weighted by atomic mass is 16.1. The zero-order chi connectivity index (χ0) is 12.5. The molecule has 0 atom stereocenters. The second-order valence-electron chi connectivity index (χ2n) is 4.97. The molecule has 1 saturated heterocycles. The van der Waals surface area contributed by atoms with Gasteiger partial charge in [0.2, 0.25) is 5.91 Å². The minimum Gasteiger partial charge on any atom is -0.370 e. The quantitative estimate of drug-likeness (QED) is 0.766. The molecule has 1 aliphatic rings. The van der Waals surface area contributed by atoms with Crippen LogP contribution in [0.2, 0.25) is 0 Å². The maximum absolute atomic E-state index is 11.7. The van der Waals surface area contributed by atoms with Gasteiger partial charge in [-0.15, -0.1) is 0 Å². The summed E-state index contributed by atoms with van der Waals surface area (Å²) < 4.78 is 1.76. The maximum Gasteiger partial charge on any atom is 0.228 e. The van der Waals surface area contributed by atoms with E-state index < -0.39 is 0 Å². The van der Waals surface area contributed by atoms with Crippen molar-refractivity contribution in [3.63, 3.8) is 0 Å². The van der Waals surface area contributed by atoms with E-state index in [0.29, 0.717) is 0 Å². The molecule has 94 valence electrons. The molecule has 0 N–H and O–H groups in total. The number of carbonyl (C=O) groups is 1. The fourth-order valence-corrected chi connectivity index (χ4v) is 2.81. The lowest BCUT2D eigenvalue weighted by molar-refractivity contribution is 0.0941. The Bertz CT molecular complexity index is 579. The molecule has 18 heavy (non-hydrogen) atoms. The predicted octanol–water partition coefficient (Wildman–Crippen LogP) is 3.29. The Hall–Kier alpha value is -1.77. The summed E-state index contributed by atoms with van der Waals surface area (Å²) in [5, 5.41) is 1.19. The molecule has 1 aliphatic heterocycles. The normalized spacial score (nSPS) is 16.2. The highest BCUT2D eigenvalue weighted by Crippen LogP contribution is 2.30. The van der Waals surface area contributed by atoms with E-state index in [1.54, 1.807) is 11.5 Å². The molecule has 3 nitrogen and oxygen atoms in total. The lowest BCUT2D eigenvalue weighted by Crippen LogP contribution is -2.29. The fourth-order valence-electron chi connectivity index (χ4n) is 2.81. The van der Waals surface area contributed by atoms with Crippen LogP contribution < -0.4 is 4.90 Å². The Morgan fingerprint density at radius 3 is 2.56 bits per heavy atom. The molecule has 0 spiro atoms. The van der Waals surface area contributed by atoms with Crippen LogP contribution in [-0.4, -0.2) is 23.6 Å². The van der Waals surface area contributed by atoms with Crippen molar-refractivity contribution in [2.75, 3.05) is 18.0 Å². The van der Waals surface area contributed by atoms with Crippen LogP contribution in [0.3, 0.4) is 0 Å². The highest BCUT2D eigenvalue weighted by Gasteiger charge is 2.17. The number of hydrogen-bond donors (Lipinski definition) is 0. The Balaban J connectivity index is 2.13. The lowest BCUT2D eigenvalue weighted by atomic mass is 10.1. The number of hydrogen-bond acceptors (Lipinski definition) is 2. The van der Waals surface area contributed by atoms with Gasteiger partial charge in [-0.2, -0.15) is 0 Å². The monoisotopic (exact) mass is 242 g/mol. The van der Waals surface area contributed by atoms with Crippen molar-refractivity contribution in [2.45, 2.75) is 26.2 Å². The summed E-state index contributed by atoms with van der Waals surface area (Å²) in [4.78, 5) is 14.1. The van der Waals surface area contributed by atoms with Gasteiger partial charge in [-0.1, -0.05) is 18.2 Å². The van der Waals surface area contributed by atoms with Crippen molar-refractivity contribution >= 4 is 22.5 Å². The third kappa shape index (κ3) is 1.80. The Morgan fingerprint density at radius 1 is 1.11 bits per heavy atom. The number of carbonyl (C=O) groups excluding carboxylic acids is 1. The van der Waals surface area contributed by atoms with Crippen molar-refractivity contribution in [3.05, 3.63) is 30.5 Å². The minimum absolute atomic E-state index is 0.0782. The molecule has 1 fully saturated rings. The van der Waals surface area contributed by atoms with E-state index in [4.69, 9.17) is 0 Å². The SMILES string of the molecule is CC(=O)n1cc(N2CCCCC2)c2ccccc21.